The third-order valence-electron chi connectivity index (χ3n) is 2.85. The van der Waals surface area contributed by atoms with E-state index in [9.17, 15) is 18.5 Å². The van der Waals surface area contributed by atoms with Gasteiger partial charge in [-0.3, -0.25) is 14.8 Å². The van der Waals surface area contributed by atoms with Crippen molar-refractivity contribution in [2.45, 2.75) is 11.8 Å². The van der Waals surface area contributed by atoms with Crippen LogP contribution in [0.5, 0.6) is 0 Å². The lowest BCUT2D eigenvalue weighted by Crippen LogP contribution is -2.14. The highest BCUT2D eigenvalue weighted by molar-refractivity contribution is 7.92. The number of sulfonamides is 1. The second-order valence-electron chi connectivity index (χ2n) is 4.44. The molecule has 0 bridgehead atoms. The van der Waals surface area contributed by atoms with Crippen molar-refractivity contribution in [1.82, 2.24) is 0 Å². The van der Waals surface area contributed by atoms with Crippen molar-refractivity contribution >= 4 is 44.6 Å². The molecule has 0 fully saturated rings. The Bertz CT molecular complexity index is 853. The van der Waals surface area contributed by atoms with Gasteiger partial charge in [0.2, 0.25) is 0 Å². The second-order valence-corrected chi connectivity index (χ2v) is 6.93. The van der Waals surface area contributed by atoms with Crippen LogP contribution in [-0.2, 0) is 10.0 Å². The van der Waals surface area contributed by atoms with E-state index in [2.05, 4.69) is 4.72 Å². The molecule has 0 spiro atoms. The van der Waals surface area contributed by atoms with Crippen LogP contribution >= 0.6 is 23.2 Å². The zero-order valence-electron chi connectivity index (χ0n) is 11.2. The van der Waals surface area contributed by atoms with E-state index < -0.39 is 14.9 Å². The highest BCUT2D eigenvalue weighted by Gasteiger charge is 2.20. The minimum Gasteiger partial charge on any atom is -0.279 e. The molecule has 1 N–H and O–H groups in total. The van der Waals surface area contributed by atoms with Crippen LogP contribution in [-0.4, -0.2) is 13.3 Å². The Kier molecular flexibility index (Phi) is 4.60. The van der Waals surface area contributed by atoms with E-state index in [1.54, 1.807) is 6.92 Å². The molecule has 0 aliphatic heterocycles. The lowest BCUT2D eigenvalue weighted by molar-refractivity contribution is -0.384. The molecule has 0 radical (unpaired) electrons. The van der Waals surface area contributed by atoms with Crippen LogP contribution in [0.25, 0.3) is 0 Å². The summed E-state index contributed by atoms with van der Waals surface area (Å²) in [4.78, 5) is 9.96. The summed E-state index contributed by atoms with van der Waals surface area (Å²) in [5.74, 6) is 0. The predicted octanol–water partition coefficient (Wildman–Crippen LogP) is 4.01. The highest BCUT2D eigenvalue weighted by Crippen LogP contribution is 2.28. The van der Waals surface area contributed by atoms with E-state index in [4.69, 9.17) is 23.2 Å². The second kappa shape index (κ2) is 6.12. The highest BCUT2D eigenvalue weighted by atomic mass is 35.5. The number of hydrogen-bond acceptors (Lipinski definition) is 4. The van der Waals surface area contributed by atoms with Crippen molar-refractivity contribution in [2.75, 3.05) is 4.72 Å². The molecule has 2 rings (SSSR count). The van der Waals surface area contributed by atoms with E-state index in [0.29, 0.717) is 5.56 Å². The van der Waals surface area contributed by atoms with E-state index in [1.165, 1.54) is 36.4 Å². The van der Waals surface area contributed by atoms with Gasteiger partial charge in [0, 0.05) is 17.2 Å². The Morgan fingerprint density at radius 2 is 1.82 bits per heavy atom. The van der Waals surface area contributed by atoms with Crippen LogP contribution in [0.4, 0.5) is 11.4 Å². The third kappa shape index (κ3) is 3.49. The van der Waals surface area contributed by atoms with E-state index in [-0.39, 0.29) is 26.3 Å². The first kappa shape index (κ1) is 16.5. The summed E-state index contributed by atoms with van der Waals surface area (Å²) in [5, 5.41) is 10.9. The summed E-state index contributed by atoms with van der Waals surface area (Å²) in [6, 6.07) is 7.89. The van der Waals surface area contributed by atoms with Crippen LogP contribution in [0.15, 0.2) is 41.3 Å². The maximum Gasteiger partial charge on any atom is 0.269 e. The molecule has 9 heteroatoms. The lowest BCUT2D eigenvalue weighted by atomic mass is 10.2. The molecular formula is C13H10Cl2N2O4S. The van der Waals surface area contributed by atoms with Crippen molar-refractivity contribution in [3.63, 3.8) is 0 Å². The van der Waals surface area contributed by atoms with Crippen molar-refractivity contribution in [3.8, 4) is 0 Å². The van der Waals surface area contributed by atoms with Crippen molar-refractivity contribution in [3.05, 3.63) is 62.1 Å². The van der Waals surface area contributed by atoms with Gasteiger partial charge in [-0.25, -0.2) is 8.42 Å². The average molecular weight is 361 g/mol. The van der Waals surface area contributed by atoms with E-state index >= 15 is 0 Å². The fraction of sp³-hybridized carbons (Fsp3) is 0.0769. The van der Waals surface area contributed by atoms with Gasteiger partial charge in [0.1, 0.15) is 4.90 Å². The Balaban J connectivity index is 2.41. The van der Waals surface area contributed by atoms with Crippen LogP contribution in [0.3, 0.4) is 0 Å². The first-order valence-electron chi connectivity index (χ1n) is 5.93. The number of aryl methyl sites for hydroxylation is 1. The van der Waals surface area contributed by atoms with Crippen LogP contribution in [0.2, 0.25) is 10.0 Å². The zero-order chi connectivity index (χ0) is 16.5. The quantitative estimate of drug-likeness (QED) is 0.658. The number of nitro groups is 1. The number of non-ortho nitro benzene ring substituents is 1. The number of nitrogens with zero attached hydrogens (tertiary/aromatic N) is 1. The molecule has 2 aromatic rings. The number of anilines is 1. The van der Waals surface area contributed by atoms with Gasteiger partial charge < -0.3 is 0 Å². The SMILES string of the molecule is Cc1cc([N+](=O)[O-])ccc1NS(=O)(=O)c1cc(Cl)ccc1Cl. The number of nitro benzene ring substituents is 1. The van der Waals surface area contributed by atoms with Crippen molar-refractivity contribution in [1.29, 1.82) is 0 Å². The molecule has 0 unspecified atom stereocenters. The molecule has 0 aliphatic rings. The summed E-state index contributed by atoms with van der Waals surface area (Å²) in [6.45, 7) is 1.56. The van der Waals surface area contributed by atoms with Gasteiger partial charge in [-0.05, 0) is 36.8 Å². The number of hydrogen-bond donors (Lipinski definition) is 1. The molecule has 0 aromatic heterocycles. The summed E-state index contributed by atoms with van der Waals surface area (Å²) in [5.41, 5.74) is 0.513. The van der Waals surface area contributed by atoms with Gasteiger partial charge >= 0.3 is 0 Å². The Hall–Kier alpha value is -1.83. The number of benzene rings is 2. The molecule has 22 heavy (non-hydrogen) atoms. The topological polar surface area (TPSA) is 89.3 Å². The molecule has 0 saturated heterocycles. The monoisotopic (exact) mass is 360 g/mol. The summed E-state index contributed by atoms with van der Waals surface area (Å²) >= 11 is 11.7. The maximum absolute atomic E-state index is 12.4. The zero-order valence-corrected chi connectivity index (χ0v) is 13.5. The lowest BCUT2D eigenvalue weighted by Gasteiger charge is -2.11. The number of rotatable bonds is 4. The molecule has 0 heterocycles. The van der Waals surface area contributed by atoms with Gasteiger partial charge in [-0.2, -0.15) is 0 Å². The van der Waals surface area contributed by atoms with Gasteiger partial charge in [0.05, 0.1) is 15.6 Å². The normalized spacial score (nSPS) is 11.2. The van der Waals surface area contributed by atoms with Crippen LogP contribution in [0, 0.1) is 17.0 Å². The molecule has 2 aromatic carbocycles. The van der Waals surface area contributed by atoms with E-state index in [1.807, 2.05) is 0 Å². The smallest absolute Gasteiger partial charge is 0.269 e. The van der Waals surface area contributed by atoms with Crippen molar-refractivity contribution < 1.29 is 13.3 Å². The van der Waals surface area contributed by atoms with Crippen molar-refractivity contribution in [2.24, 2.45) is 0 Å². The number of nitrogens with one attached hydrogen (secondary N) is 1. The largest absolute Gasteiger partial charge is 0.279 e. The molecule has 0 aliphatic carbocycles. The molecule has 116 valence electrons. The molecule has 0 atom stereocenters. The van der Waals surface area contributed by atoms with Gasteiger partial charge in [0.15, 0.2) is 0 Å². The van der Waals surface area contributed by atoms with Crippen LogP contribution < -0.4 is 4.72 Å². The first-order valence-corrected chi connectivity index (χ1v) is 8.17. The first-order chi connectivity index (χ1) is 10.2. The Morgan fingerprint density at radius 3 is 2.41 bits per heavy atom. The summed E-state index contributed by atoms with van der Waals surface area (Å²) in [7, 11) is -3.96. The molecule has 0 saturated carbocycles. The maximum atomic E-state index is 12.4. The fourth-order valence-corrected chi connectivity index (χ4v) is 3.65. The van der Waals surface area contributed by atoms with Gasteiger partial charge in [-0.15, -0.1) is 0 Å². The third-order valence-corrected chi connectivity index (χ3v) is 4.93. The molecular weight excluding hydrogens is 351 g/mol. The van der Waals surface area contributed by atoms with Gasteiger partial charge in [-0.1, -0.05) is 23.2 Å². The van der Waals surface area contributed by atoms with E-state index in [0.717, 1.165) is 0 Å². The van der Waals surface area contributed by atoms with Crippen LogP contribution in [0.1, 0.15) is 5.56 Å². The predicted molar refractivity (Wildman–Crippen MR) is 85.1 cm³/mol. The fourth-order valence-electron chi connectivity index (χ4n) is 1.76. The number of halogens is 2. The Morgan fingerprint density at radius 1 is 1.14 bits per heavy atom. The standard InChI is InChI=1S/C13H10Cl2N2O4S/c1-8-6-10(17(18)19)3-5-12(8)16-22(20,21)13-7-9(14)2-4-11(13)15/h2-7,16H,1H3. The summed E-state index contributed by atoms with van der Waals surface area (Å²) in [6.07, 6.45) is 0. The average Bonchev–Trinajstić information content (AvgIpc) is 2.43. The minimum absolute atomic E-state index is 0.0245. The summed E-state index contributed by atoms with van der Waals surface area (Å²) < 4.78 is 27.1. The Labute approximate surface area is 136 Å². The minimum atomic E-state index is -3.96. The molecule has 6 nitrogen and oxygen atoms in total. The van der Waals surface area contributed by atoms with Gasteiger partial charge in [0.25, 0.3) is 15.7 Å². The molecule has 0 amide bonds.